The maximum Gasteiger partial charge on any atom is 0.317 e. The Morgan fingerprint density at radius 3 is 2.82 bits per heavy atom. The molecule has 1 saturated heterocycles. The first-order valence-corrected chi connectivity index (χ1v) is 9.85. The number of hydrogen-bond donors (Lipinski definition) is 1. The van der Waals surface area contributed by atoms with Crippen LogP contribution in [-0.4, -0.2) is 58.6 Å². The fourth-order valence-electron chi connectivity index (χ4n) is 3.71. The van der Waals surface area contributed by atoms with Crippen molar-refractivity contribution in [2.45, 2.75) is 38.5 Å². The molecule has 0 radical (unpaired) electrons. The highest BCUT2D eigenvalue weighted by molar-refractivity contribution is 5.69. The number of hydrogen-bond acceptors (Lipinski definition) is 5. The SMILES string of the molecule is CN(CC(=O)O)C1CCCN(Cc2cncc(OCc3ccccc3)c2)CC1. The van der Waals surface area contributed by atoms with Crippen LogP contribution in [0.5, 0.6) is 5.75 Å². The third-order valence-corrected chi connectivity index (χ3v) is 5.22. The van der Waals surface area contributed by atoms with Crippen LogP contribution in [0.15, 0.2) is 48.8 Å². The van der Waals surface area contributed by atoms with Gasteiger partial charge in [-0.15, -0.1) is 0 Å². The van der Waals surface area contributed by atoms with Crippen LogP contribution in [0.25, 0.3) is 0 Å². The summed E-state index contributed by atoms with van der Waals surface area (Å²) in [5.41, 5.74) is 2.28. The Balaban J connectivity index is 1.51. The summed E-state index contributed by atoms with van der Waals surface area (Å²) in [5.74, 6) is 0.0252. The summed E-state index contributed by atoms with van der Waals surface area (Å²) in [6.45, 7) is 3.46. The topological polar surface area (TPSA) is 65.9 Å². The van der Waals surface area contributed by atoms with E-state index in [2.05, 4.69) is 16.0 Å². The van der Waals surface area contributed by atoms with Crippen LogP contribution in [0.3, 0.4) is 0 Å². The van der Waals surface area contributed by atoms with Crippen LogP contribution in [-0.2, 0) is 17.9 Å². The molecule has 1 aromatic carbocycles. The number of aliphatic carboxylic acids is 1. The van der Waals surface area contributed by atoms with Crippen LogP contribution in [0.4, 0.5) is 0 Å². The van der Waals surface area contributed by atoms with Gasteiger partial charge >= 0.3 is 5.97 Å². The van der Waals surface area contributed by atoms with Gasteiger partial charge in [-0.1, -0.05) is 30.3 Å². The van der Waals surface area contributed by atoms with Gasteiger partial charge in [0, 0.05) is 18.8 Å². The summed E-state index contributed by atoms with van der Waals surface area (Å²) in [6.07, 6.45) is 6.76. The smallest absolute Gasteiger partial charge is 0.317 e. The molecule has 1 N–H and O–H groups in total. The molecule has 0 spiro atoms. The van der Waals surface area contributed by atoms with Crippen molar-refractivity contribution < 1.29 is 14.6 Å². The van der Waals surface area contributed by atoms with E-state index in [1.54, 1.807) is 6.20 Å². The highest BCUT2D eigenvalue weighted by Gasteiger charge is 2.21. The van der Waals surface area contributed by atoms with Gasteiger partial charge in [0.2, 0.25) is 0 Å². The lowest BCUT2D eigenvalue weighted by Gasteiger charge is -2.25. The number of likely N-dealkylation sites (tertiary alicyclic amines) is 1. The predicted octanol–water partition coefficient (Wildman–Crippen LogP) is 3.03. The number of rotatable bonds is 8. The Labute approximate surface area is 166 Å². The van der Waals surface area contributed by atoms with Crippen molar-refractivity contribution in [3.8, 4) is 5.75 Å². The molecule has 0 bridgehead atoms. The molecule has 3 rings (SSSR count). The van der Waals surface area contributed by atoms with Crippen LogP contribution in [0.2, 0.25) is 0 Å². The van der Waals surface area contributed by atoms with Crippen LogP contribution >= 0.6 is 0 Å². The molecule has 1 fully saturated rings. The van der Waals surface area contributed by atoms with E-state index in [1.165, 1.54) is 0 Å². The Hall–Kier alpha value is -2.44. The van der Waals surface area contributed by atoms with Crippen molar-refractivity contribution >= 4 is 5.97 Å². The molecule has 1 aromatic heterocycles. The number of benzene rings is 1. The highest BCUT2D eigenvalue weighted by atomic mass is 16.5. The second kappa shape index (κ2) is 10.2. The molecular formula is C22H29N3O3. The first kappa shape index (κ1) is 20.3. The minimum absolute atomic E-state index is 0.107. The van der Waals surface area contributed by atoms with Crippen molar-refractivity contribution in [2.24, 2.45) is 0 Å². The Bertz CT molecular complexity index is 754. The van der Waals surface area contributed by atoms with Crippen LogP contribution in [0.1, 0.15) is 30.4 Å². The lowest BCUT2D eigenvalue weighted by atomic mass is 10.1. The van der Waals surface area contributed by atoms with Crippen molar-refractivity contribution in [3.05, 3.63) is 59.9 Å². The van der Waals surface area contributed by atoms with E-state index >= 15 is 0 Å². The summed E-state index contributed by atoms with van der Waals surface area (Å²) in [6, 6.07) is 12.5. The summed E-state index contributed by atoms with van der Waals surface area (Å²) >= 11 is 0. The number of likely N-dealkylation sites (N-methyl/N-ethyl adjacent to an activating group) is 1. The zero-order chi connectivity index (χ0) is 19.8. The van der Waals surface area contributed by atoms with Gasteiger partial charge in [-0.05, 0) is 56.6 Å². The first-order valence-electron chi connectivity index (χ1n) is 9.85. The molecule has 6 nitrogen and oxygen atoms in total. The maximum atomic E-state index is 10.9. The van der Waals surface area contributed by atoms with E-state index < -0.39 is 5.97 Å². The van der Waals surface area contributed by atoms with E-state index in [-0.39, 0.29) is 6.54 Å². The number of ether oxygens (including phenoxy) is 1. The van der Waals surface area contributed by atoms with E-state index in [1.807, 2.05) is 48.5 Å². The minimum Gasteiger partial charge on any atom is -0.487 e. The zero-order valence-corrected chi connectivity index (χ0v) is 16.5. The molecule has 1 aliphatic heterocycles. The standard InChI is InChI=1S/C22H29N3O3/c1-24(16-22(26)27)20-8-5-10-25(11-9-20)15-19-12-21(14-23-13-19)28-17-18-6-3-2-4-7-18/h2-4,6-7,12-14,20H,5,8-11,15-17H2,1H3,(H,26,27). The molecule has 2 heterocycles. The van der Waals surface area contributed by atoms with E-state index in [0.717, 1.165) is 55.8 Å². The van der Waals surface area contributed by atoms with Crippen molar-refractivity contribution in [1.29, 1.82) is 0 Å². The molecule has 0 aliphatic carbocycles. The quantitative estimate of drug-likeness (QED) is 0.756. The number of carboxylic acids is 1. The molecule has 6 heteroatoms. The largest absolute Gasteiger partial charge is 0.487 e. The molecule has 0 saturated carbocycles. The molecular weight excluding hydrogens is 354 g/mol. The van der Waals surface area contributed by atoms with Crippen LogP contribution < -0.4 is 4.74 Å². The van der Waals surface area contributed by atoms with Gasteiger partial charge in [-0.25, -0.2) is 0 Å². The minimum atomic E-state index is -0.762. The lowest BCUT2D eigenvalue weighted by molar-refractivity contribution is -0.138. The maximum absolute atomic E-state index is 10.9. The van der Waals surface area contributed by atoms with Crippen molar-refractivity contribution in [3.63, 3.8) is 0 Å². The molecule has 150 valence electrons. The third-order valence-electron chi connectivity index (χ3n) is 5.22. The van der Waals surface area contributed by atoms with Crippen molar-refractivity contribution in [2.75, 3.05) is 26.7 Å². The summed E-state index contributed by atoms with van der Waals surface area (Å²) < 4.78 is 5.89. The van der Waals surface area contributed by atoms with E-state index in [0.29, 0.717) is 12.6 Å². The summed E-state index contributed by atoms with van der Waals surface area (Å²) in [7, 11) is 1.91. The monoisotopic (exact) mass is 383 g/mol. The molecule has 1 aliphatic rings. The fourth-order valence-corrected chi connectivity index (χ4v) is 3.71. The number of carboxylic acid groups (broad SMARTS) is 1. The Kier molecular flexibility index (Phi) is 7.39. The average molecular weight is 383 g/mol. The summed E-state index contributed by atoms with van der Waals surface area (Å²) in [4.78, 5) is 19.7. The zero-order valence-electron chi connectivity index (χ0n) is 16.5. The second-order valence-electron chi connectivity index (χ2n) is 7.47. The molecule has 28 heavy (non-hydrogen) atoms. The Morgan fingerprint density at radius 1 is 1.21 bits per heavy atom. The fraction of sp³-hybridized carbons (Fsp3) is 0.455. The summed E-state index contributed by atoms with van der Waals surface area (Å²) in [5, 5.41) is 9.00. The van der Waals surface area contributed by atoms with Gasteiger partial charge in [0.1, 0.15) is 12.4 Å². The van der Waals surface area contributed by atoms with Crippen LogP contribution in [0, 0.1) is 0 Å². The van der Waals surface area contributed by atoms with Gasteiger partial charge in [-0.3, -0.25) is 19.6 Å². The van der Waals surface area contributed by atoms with Gasteiger partial charge in [0.05, 0.1) is 12.7 Å². The number of pyridine rings is 1. The van der Waals surface area contributed by atoms with E-state index in [4.69, 9.17) is 9.84 Å². The third kappa shape index (κ3) is 6.32. The Morgan fingerprint density at radius 2 is 2.04 bits per heavy atom. The predicted molar refractivity (Wildman–Crippen MR) is 108 cm³/mol. The average Bonchev–Trinajstić information content (AvgIpc) is 2.93. The van der Waals surface area contributed by atoms with Gasteiger partial charge < -0.3 is 9.84 Å². The normalized spacial score (nSPS) is 18.0. The van der Waals surface area contributed by atoms with E-state index in [9.17, 15) is 4.79 Å². The molecule has 1 unspecified atom stereocenters. The van der Waals surface area contributed by atoms with Gasteiger partial charge in [0.25, 0.3) is 0 Å². The van der Waals surface area contributed by atoms with Gasteiger partial charge in [-0.2, -0.15) is 0 Å². The number of nitrogens with zero attached hydrogens (tertiary/aromatic N) is 3. The highest BCUT2D eigenvalue weighted by Crippen LogP contribution is 2.19. The number of carbonyl (C=O) groups is 1. The molecule has 2 aromatic rings. The molecule has 0 amide bonds. The number of aromatic nitrogens is 1. The lowest BCUT2D eigenvalue weighted by Crippen LogP contribution is -2.36. The second-order valence-corrected chi connectivity index (χ2v) is 7.47. The van der Waals surface area contributed by atoms with Crippen molar-refractivity contribution in [1.82, 2.24) is 14.8 Å². The molecule has 1 atom stereocenters. The first-order chi connectivity index (χ1) is 13.6. The van der Waals surface area contributed by atoms with Gasteiger partial charge in [0.15, 0.2) is 0 Å².